The summed E-state index contributed by atoms with van der Waals surface area (Å²) in [7, 11) is 0. The maximum atomic E-state index is 12.3. The number of ether oxygens (including phenoxy) is 1. The standard InChI is InChI=1S/C20H19ClN2O3/c21-15-3-1-12(2-4-15)19(24)23-17-7-8-18-13(10-17)9-14(11-26-18)20(25)22-16-5-6-16/h1-4,7-8,10,14,16H,5-6,9,11H2,(H,22,25)(H,23,24). The number of fused-ring (bicyclic) bond motifs is 1. The van der Waals surface area contributed by atoms with Crippen LogP contribution in [0.25, 0.3) is 0 Å². The molecule has 26 heavy (non-hydrogen) atoms. The zero-order chi connectivity index (χ0) is 18.1. The molecule has 1 atom stereocenters. The van der Waals surface area contributed by atoms with Crippen molar-refractivity contribution in [2.24, 2.45) is 5.92 Å². The largest absolute Gasteiger partial charge is 0.492 e. The molecule has 1 aliphatic heterocycles. The lowest BCUT2D eigenvalue weighted by Gasteiger charge is -2.25. The van der Waals surface area contributed by atoms with E-state index in [1.807, 2.05) is 12.1 Å². The summed E-state index contributed by atoms with van der Waals surface area (Å²) in [5.41, 5.74) is 2.14. The summed E-state index contributed by atoms with van der Waals surface area (Å²) in [6.07, 6.45) is 2.74. The lowest BCUT2D eigenvalue weighted by molar-refractivity contribution is -0.126. The van der Waals surface area contributed by atoms with E-state index in [0.29, 0.717) is 35.3 Å². The van der Waals surface area contributed by atoms with E-state index in [0.717, 1.165) is 24.2 Å². The van der Waals surface area contributed by atoms with Gasteiger partial charge < -0.3 is 15.4 Å². The highest BCUT2D eigenvalue weighted by molar-refractivity contribution is 6.30. The number of nitrogens with one attached hydrogen (secondary N) is 2. The maximum Gasteiger partial charge on any atom is 0.255 e. The zero-order valence-electron chi connectivity index (χ0n) is 14.1. The molecule has 0 bridgehead atoms. The summed E-state index contributed by atoms with van der Waals surface area (Å²) in [5, 5.41) is 6.49. The maximum absolute atomic E-state index is 12.3. The van der Waals surface area contributed by atoms with Crippen molar-refractivity contribution in [3.05, 3.63) is 58.6 Å². The Morgan fingerprint density at radius 3 is 2.58 bits per heavy atom. The second-order valence-electron chi connectivity index (χ2n) is 6.78. The average Bonchev–Trinajstić information content (AvgIpc) is 3.45. The van der Waals surface area contributed by atoms with Crippen molar-refractivity contribution in [2.75, 3.05) is 11.9 Å². The Balaban J connectivity index is 1.45. The van der Waals surface area contributed by atoms with Gasteiger partial charge in [0.25, 0.3) is 5.91 Å². The smallest absolute Gasteiger partial charge is 0.255 e. The molecule has 1 heterocycles. The first-order valence-corrected chi connectivity index (χ1v) is 9.09. The van der Waals surface area contributed by atoms with Crippen LogP contribution in [0.3, 0.4) is 0 Å². The molecule has 6 heteroatoms. The molecule has 2 aromatic carbocycles. The SMILES string of the molecule is O=C(Nc1ccc2c(c1)CC(C(=O)NC1CC1)CO2)c1ccc(Cl)cc1. The van der Waals surface area contributed by atoms with Gasteiger partial charge in [0.1, 0.15) is 12.4 Å². The molecule has 0 aromatic heterocycles. The second-order valence-corrected chi connectivity index (χ2v) is 7.21. The van der Waals surface area contributed by atoms with Crippen molar-refractivity contribution in [2.45, 2.75) is 25.3 Å². The molecule has 1 unspecified atom stereocenters. The van der Waals surface area contributed by atoms with E-state index in [9.17, 15) is 9.59 Å². The van der Waals surface area contributed by atoms with Crippen LogP contribution in [-0.2, 0) is 11.2 Å². The van der Waals surface area contributed by atoms with Crippen molar-refractivity contribution < 1.29 is 14.3 Å². The third-order valence-corrected chi connectivity index (χ3v) is 4.88. The van der Waals surface area contributed by atoms with Gasteiger partial charge in [0.15, 0.2) is 0 Å². The Labute approximate surface area is 156 Å². The molecule has 0 saturated heterocycles. The first kappa shape index (κ1) is 16.9. The molecule has 134 valence electrons. The van der Waals surface area contributed by atoms with Gasteiger partial charge >= 0.3 is 0 Å². The van der Waals surface area contributed by atoms with Crippen molar-refractivity contribution in [1.29, 1.82) is 0 Å². The van der Waals surface area contributed by atoms with E-state index >= 15 is 0 Å². The number of hydrogen-bond acceptors (Lipinski definition) is 3. The van der Waals surface area contributed by atoms with Gasteiger partial charge in [-0.1, -0.05) is 11.6 Å². The number of carbonyl (C=O) groups is 2. The first-order valence-electron chi connectivity index (χ1n) is 8.71. The molecule has 0 spiro atoms. The molecule has 5 nitrogen and oxygen atoms in total. The van der Waals surface area contributed by atoms with E-state index in [2.05, 4.69) is 10.6 Å². The van der Waals surface area contributed by atoms with Gasteiger partial charge in [-0.2, -0.15) is 0 Å². The zero-order valence-corrected chi connectivity index (χ0v) is 14.9. The van der Waals surface area contributed by atoms with E-state index < -0.39 is 0 Å². The highest BCUT2D eigenvalue weighted by atomic mass is 35.5. The lowest BCUT2D eigenvalue weighted by Crippen LogP contribution is -2.38. The molecule has 2 aliphatic rings. The summed E-state index contributed by atoms with van der Waals surface area (Å²) >= 11 is 5.85. The number of rotatable bonds is 4. The summed E-state index contributed by atoms with van der Waals surface area (Å²) in [6.45, 7) is 0.391. The molecule has 0 radical (unpaired) electrons. The fourth-order valence-electron chi connectivity index (χ4n) is 2.99. The number of hydrogen-bond donors (Lipinski definition) is 2. The molecule has 4 rings (SSSR count). The Morgan fingerprint density at radius 1 is 1.08 bits per heavy atom. The normalized spacial score (nSPS) is 18.4. The Bertz CT molecular complexity index is 847. The first-order chi connectivity index (χ1) is 12.6. The fraction of sp³-hybridized carbons (Fsp3) is 0.300. The number of halogens is 1. The Morgan fingerprint density at radius 2 is 1.85 bits per heavy atom. The summed E-state index contributed by atoms with van der Waals surface area (Å²) in [6, 6.07) is 12.6. The molecule has 2 N–H and O–H groups in total. The van der Waals surface area contributed by atoms with Gasteiger partial charge in [-0.3, -0.25) is 9.59 Å². The van der Waals surface area contributed by atoms with Crippen LogP contribution in [0.5, 0.6) is 5.75 Å². The summed E-state index contributed by atoms with van der Waals surface area (Å²) in [5.74, 6) is 0.422. The van der Waals surface area contributed by atoms with Crippen molar-refractivity contribution in [1.82, 2.24) is 5.32 Å². The minimum absolute atomic E-state index is 0.0498. The number of amides is 2. The van der Waals surface area contributed by atoms with Crippen molar-refractivity contribution in [3.63, 3.8) is 0 Å². The quantitative estimate of drug-likeness (QED) is 0.866. The van der Waals surface area contributed by atoms with Crippen molar-refractivity contribution >= 4 is 29.1 Å². The fourth-order valence-corrected chi connectivity index (χ4v) is 3.12. The molecule has 2 amide bonds. The Hall–Kier alpha value is -2.53. The van der Waals surface area contributed by atoms with Gasteiger partial charge in [0, 0.05) is 22.3 Å². The van der Waals surface area contributed by atoms with Gasteiger partial charge in [-0.05, 0) is 67.3 Å². The van der Waals surface area contributed by atoms with E-state index in [4.69, 9.17) is 16.3 Å². The van der Waals surface area contributed by atoms with Crippen LogP contribution >= 0.6 is 11.6 Å². The summed E-state index contributed by atoms with van der Waals surface area (Å²) < 4.78 is 5.73. The van der Waals surface area contributed by atoms with Crippen LogP contribution in [0.4, 0.5) is 5.69 Å². The summed E-state index contributed by atoms with van der Waals surface area (Å²) in [4.78, 5) is 24.6. The van der Waals surface area contributed by atoms with Crippen LogP contribution in [0.2, 0.25) is 5.02 Å². The van der Waals surface area contributed by atoms with Gasteiger partial charge in [-0.15, -0.1) is 0 Å². The van der Waals surface area contributed by atoms with Crippen LogP contribution in [-0.4, -0.2) is 24.5 Å². The molecular formula is C20H19ClN2O3. The number of carbonyl (C=O) groups excluding carboxylic acids is 2. The minimum Gasteiger partial charge on any atom is -0.492 e. The number of anilines is 1. The third-order valence-electron chi connectivity index (χ3n) is 4.63. The average molecular weight is 371 g/mol. The van der Waals surface area contributed by atoms with E-state index in [-0.39, 0.29) is 17.7 Å². The minimum atomic E-state index is -0.207. The lowest BCUT2D eigenvalue weighted by atomic mass is 9.95. The van der Waals surface area contributed by atoms with Crippen molar-refractivity contribution in [3.8, 4) is 5.75 Å². The number of benzene rings is 2. The highest BCUT2D eigenvalue weighted by Crippen LogP contribution is 2.31. The predicted molar refractivity (Wildman–Crippen MR) is 99.7 cm³/mol. The monoisotopic (exact) mass is 370 g/mol. The van der Waals surface area contributed by atoms with Gasteiger partial charge in [0.05, 0.1) is 5.92 Å². The second kappa shape index (κ2) is 7.00. The predicted octanol–water partition coefficient (Wildman–Crippen LogP) is 3.42. The van der Waals surface area contributed by atoms with E-state index in [1.54, 1.807) is 30.3 Å². The molecular weight excluding hydrogens is 352 g/mol. The Kier molecular flexibility index (Phi) is 4.55. The molecule has 1 fully saturated rings. The van der Waals surface area contributed by atoms with Gasteiger partial charge in [-0.25, -0.2) is 0 Å². The van der Waals surface area contributed by atoms with Crippen LogP contribution in [0.1, 0.15) is 28.8 Å². The molecule has 1 aliphatic carbocycles. The molecule has 2 aromatic rings. The van der Waals surface area contributed by atoms with Crippen LogP contribution in [0.15, 0.2) is 42.5 Å². The highest BCUT2D eigenvalue weighted by Gasteiger charge is 2.30. The van der Waals surface area contributed by atoms with E-state index in [1.165, 1.54) is 0 Å². The third kappa shape index (κ3) is 3.83. The molecule has 1 saturated carbocycles. The topological polar surface area (TPSA) is 67.4 Å². The van der Waals surface area contributed by atoms with Crippen LogP contribution in [0, 0.1) is 5.92 Å². The van der Waals surface area contributed by atoms with Crippen LogP contribution < -0.4 is 15.4 Å². The van der Waals surface area contributed by atoms with Gasteiger partial charge in [0.2, 0.25) is 5.91 Å².